The summed E-state index contributed by atoms with van der Waals surface area (Å²) in [5.41, 5.74) is 7.27. The van der Waals surface area contributed by atoms with E-state index in [0.29, 0.717) is 17.6 Å². The molecule has 1 saturated heterocycles. The van der Waals surface area contributed by atoms with Crippen LogP contribution < -0.4 is 11.1 Å². The molecule has 1 aliphatic heterocycles. The highest BCUT2D eigenvalue weighted by atomic mass is 32.2. The first-order chi connectivity index (χ1) is 9.27. The van der Waals surface area contributed by atoms with Gasteiger partial charge in [-0.3, -0.25) is 0 Å². The fourth-order valence-corrected chi connectivity index (χ4v) is 3.33. The van der Waals surface area contributed by atoms with Crippen LogP contribution in [0.5, 0.6) is 0 Å². The SMILES string of the molecule is CC1CN(C)CCC1Nc1ccc(S(C)(=O)=O)cc1N. The number of sulfone groups is 1. The van der Waals surface area contributed by atoms with Gasteiger partial charge in [0.05, 0.1) is 16.3 Å². The molecule has 5 nitrogen and oxygen atoms in total. The molecule has 2 atom stereocenters. The lowest BCUT2D eigenvalue weighted by molar-refractivity contribution is 0.206. The quantitative estimate of drug-likeness (QED) is 0.825. The monoisotopic (exact) mass is 297 g/mol. The lowest BCUT2D eigenvalue weighted by Gasteiger charge is -2.36. The van der Waals surface area contributed by atoms with Gasteiger partial charge in [0.25, 0.3) is 0 Å². The largest absolute Gasteiger partial charge is 0.397 e. The Labute approximate surface area is 121 Å². The maximum absolute atomic E-state index is 11.5. The molecule has 0 amide bonds. The molecular weight excluding hydrogens is 274 g/mol. The molecule has 112 valence electrons. The van der Waals surface area contributed by atoms with Crippen molar-refractivity contribution in [3.8, 4) is 0 Å². The molecule has 1 aliphatic rings. The van der Waals surface area contributed by atoms with E-state index in [1.54, 1.807) is 12.1 Å². The lowest BCUT2D eigenvalue weighted by Crippen LogP contribution is -2.43. The maximum Gasteiger partial charge on any atom is 0.175 e. The van der Waals surface area contributed by atoms with Gasteiger partial charge in [0.2, 0.25) is 0 Å². The van der Waals surface area contributed by atoms with Crippen molar-refractivity contribution in [2.45, 2.75) is 24.3 Å². The summed E-state index contributed by atoms with van der Waals surface area (Å²) in [5.74, 6) is 0.530. The lowest BCUT2D eigenvalue weighted by atomic mass is 9.94. The van der Waals surface area contributed by atoms with Gasteiger partial charge in [0.1, 0.15) is 0 Å². The summed E-state index contributed by atoms with van der Waals surface area (Å²) in [6.45, 7) is 4.33. The topological polar surface area (TPSA) is 75.4 Å². The molecular formula is C14H23N3O2S. The zero-order chi connectivity index (χ0) is 14.9. The first-order valence-corrected chi connectivity index (χ1v) is 8.71. The van der Waals surface area contributed by atoms with E-state index in [0.717, 1.165) is 25.2 Å². The third-order valence-corrected chi connectivity index (χ3v) is 5.01. The number of anilines is 2. The molecule has 0 saturated carbocycles. The third kappa shape index (κ3) is 3.43. The molecule has 6 heteroatoms. The number of nitrogens with zero attached hydrogens (tertiary/aromatic N) is 1. The Balaban J connectivity index is 2.14. The Morgan fingerprint density at radius 3 is 2.65 bits per heavy atom. The standard InChI is InChI=1S/C14H23N3O2S/c1-10-9-17(2)7-6-13(10)16-14-5-4-11(8-12(14)15)20(3,18)19/h4-5,8,10,13,16H,6-7,9,15H2,1-3H3. The van der Waals surface area contributed by atoms with Crippen LogP contribution in [0.25, 0.3) is 0 Å². The van der Waals surface area contributed by atoms with Gasteiger partial charge >= 0.3 is 0 Å². The number of piperidine rings is 1. The first-order valence-electron chi connectivity index (χ1n) is 6.82. The van der Waals surface area contributed by atoms with Gasteiger partial charge in [0, 0.05) is 18.8 Å². The minimum absolute atomic E-state index is 0.261. The fourth-order valence-electron chi connectivity index (χ4n) is 2.67. The van der Waals surface area contributed by atoms with Crippen LogP contribution in [0.3, 0.4) is 0 Å². The number of nitrogens with two attached hydrogens (primary N) is 1. The highest BCUT2D eigenvalue weighted by molar-refractivity contribution is 7.90. The maximum atomic E-state index is 11.5. The number of rotatable bonds is 3. The number of likely N-dealkylation sites (tertiary alicyclic amines) is 1. The van der Waals surface area contributed by atoms with Crippen molar-refractivity contribution in [1.29, 1.82) is 0 Å². The van der Waals surface area contributed by atoms with E-state index in [-0.39, 0.29) is 4.90 Å². The molecule has 20 heavy (non-hydrogen) atoms. The van der Waals surface area contributed by atoms with E-state index >= 15 is 0 Å². The molecule has 0 bridgehead atoms. The molecule has 1 fully saturated rings. The van der Waals surface area contributed by atoms with Crippen LogP contribution >= 0.6 is 0 Å². The Kier molecular flexibility index (Phi) is 4.25. The first kappa shape index (κ1) is 15.1. The van der Waals surface area contributed by atoms with Crippen molar-refractivity contribution in [2.75, 3.05) is 37.4 Å². The van der Waals surface area contributed by atoms with Crippen molar-refractivity contribution in [3.63, 3.8) is 0 Å². The van der Waals surface area contributed by atoms with E-state index in [4.69, 9.17) is 5.73 Å². The minimum atomic E-state index is -3.21. The summed E-state index contributed by atoms with van der Waals surface area (Å²) in [6.07, 6.45) is 2.25. The van der Waals surface area contributed by atoms with Gasteiger partial charge in [0.15, 0.2) is 9.84 Å². The normalized spacial score (nSPS) is 24.6. The molecule has 0 aromatic heterocycles. The van der Waals surface area contributed by atoms with Crippen LogP contribution in [0.1, 0.15) is 13.3 Å². The van der Waals surface area contributed by atoms with E-state index in [2.05, 4.69) is 24.2 Å². The van der Waals surface area contributed by atoms with Crippen LogP contribution in [0.15, 0.2) is 23.1 Å². The molecule has 2 unspecified atom stereocenters. The van der Waals surface area contributed by atoms with E-state index < -0.39 is 9.84 Å². The predicted octanol–water partition coefficient (Wildman–Crippen LogP) is 1.42. The van der Waals surface area contributed by atoms with Gasteiger partial charge in [-0.05, 0) is 44.1 Å². The van der Waals surface area contributed by atoms with E-state index in [1.165, 1.54) is 12.3 Å². The zero-order valence-corrected chi connectivity index (χ0v) is 13.1. The highest BCUT2D eigenvalue weighted by Crippen LogP contribution is 2.26. The van der Waals surface area contributed by atoms with Crippen LogP contribution in [-0.2, 0) is 9.84 Å². The second-order valence-corrected chi connectivity index (χ2v) is 7.82. The third-order valence-electron chi connectivity index (χ3n) is 3.90. The summed E-state index contributed by atoms with van der Waals surface area (Å²) in [7, 11) is -1.08. The molecule has 0 aliphatic carbocycles. The van der Waals surface area contributed by atoms with Crippen molar-refractivity contribution in [3.05, 3.63) is 18.2 Å². The van der Waals surface area contributed by atoms with Crippen molar-refractivity contribution in [2.24, 2.45) is 5.92 Å². The molecule has 0 radical (unpaired) electrons. The Morgan fingerprint density at radius 2 is 2.10 bits per heavy atom. The number of hydrogen-bond donors (Lipinski definition) is 2. The Bertz CT molecular complexity index is 586. The van der Waals surface area contributed by atoms with Gasteiger partial charge < -0.3 is 16.0 Å². The summed E-state index contributed by atoms with van der Waals surface area (Å²) in [4.78, 5) is 2.58. The summed E-state index contributed by atoms with van der Waals surface area (Å²) < 4.78 is 23.0. The smallest absolute Gasteiger partial charge is 0.175 e. The van der Waals surface area contributed by atoms with Crippen LogP contribution in [0.2, 0.25) is 0 Å². The Hall–Kier alpha value is -1.27. The number of nitrogen functional groups attached to an aromatic ring is 1. The summed E-state index contributed by atoms with van der Waals surface area (Å²) >= 11 is 0. The van der Waals surface area contributed by atoms with Gasteiger partial charge in [-0.25, -0.2) is 8.42 Å². The summed E-state index contributed by atoms with van der Waals surface area (Å²) in [6, 6.07) is 5.26. The zero-order valence-electron chi connectivity index (χ0n) is 12.3. The van der Waals surface area contributed by atoms with Gasteiger partial charge in [-0.1, -0.05) is 6.92 Å². The average molecular weight is 297 g/mol. The van der Waals surface area contributed by atoms with Crippen LogP contribution in [0, 0.1) is 5.92 Å². The van der Waals surface area contributed by atoms with E-state index in [9.17, 15) is 8.42 Å². The molecule has 3 N–H and O–H groups in total. The number of hydrogen-bond acceptors (Lipinski definition) is 5. The number of benzene rings is 1. The predicted molar refractivity (Wildman–Crippen MR) is 82.7 cm³/mol. The van der Waals surface area contributed by atoms with Crippen LogP contribution in [0.4, 0.5) is 11.4 Å². The van der Waals surface area contributed by atoms with Gasteiger partial charge in [-0.15, -0.1) is 0 Å². The Morgan fingerprint density at radius 1 is 1.40 bits per heavy atom. The second kappa shape index (κ2) is 5.61. The molecule has 0 spiro atoms. The molecule has 1 heterocycles. The molecule has 2 rings (SSSR count). The summed E-state index contributed by atoms with van der Waals surface area (Å²) in [5, 5.41) is 3.45. The average Bonchev–Trinajstić information content (AvgIpc) is 2.33. The highest BCUT2D eigenvalue weighted by Gasteiger charge is 2.24. The van der Waals surface area contributed by atoms with Gasteiger partial charge in [-0.2, -0.15) is 0 Å². The number of nitrogens with one attached hydrogen (secondary N) is 1. The van der Waals surface area contributed by atoms with Crippen molar-refractivity contribution < 1.29 is 8.42 Å². The van der Waals surface area contributed by atoms with Crippen molar-refractivity contribution >= 4 is 21.2 Å². The molecule has 1 aromatic carbocycles. The second-order valence-electron chi connectivity index (χ2n) is 5.80. The van der Waals surface area contributed by atoms with Crippen molar-refractivity contribution in [1.82, 2.24) is 4.90 Å². The minimum Gasteiger partial charge on any atom is -0.397 e. The van der Waals surface area contributed by atoms with Crippen LogP contribution in [-0.4, -0.2) is 45.8 Å². The fraction of sp³-hybridized carbons (Fsp3) is 0.571. The molecule has 1 aromatic rings. The van der Waals surface area contributed by atoms with E-state index in [1.807, 2.05) is 0 Å².